The summed E-state index contributed by atoms with van der Waals surface area (Å²) >= 11 is 0. The van der Waals surface area contributed by atoms with Crippen LogP contribution in [-0.2, 0) is 6.42 Å². The molecule has 0 saturated carbocycles. The molecule has 0 bridgehead atoms. The van der Waals surface area contributed by atoms with Gasteiger partial charge in [-0.1, -0.05) is 31.2 Å². The fraction of sp³-hybridized carbons (Fsp3) is 0.188. The van der Waals surface area contributed by atoms with Crippen LogP contribution in [0, 0.1) is 6.92 Å². The van der Waals surface area contributed by atoms with E-state index in [0.29, 0.717) is 16.9 Å². The Balaban J connectivity index is 2.26. The molecule has 3 N–H and O–H groups in total. The van der Waals surface area contributed by atoms with E-state index in [1.54, 1.807) is 0 Å². The lowest BCUT2D eigenvalue weighted by molar-refractivity contribution is 0.102. The summed E-state index contributed by atoms with van der Waals surface area (Å²) in [6.45, 7) is 4.00. The highest BCUT2D eigenvalue weighted by atomic mass is 16.1. The van der Waals surface area contributed by atoms with Crippen LogP contribution < -0.4 is 11.1 Å². The number of hydrogen-bond donors (Lipinski definition) is 2. The Morgan fingerprint density at radius 2 is 1.95 bits per heavy atom. The molecule has 0 aliphatic heterocycles. The summed E-state index contributed by atoms with van der Waals surface area (Å²) in [5, 5.41) is 2.86. The van der Waals surface area contributed by atoms with Crippen LogP contribution in [0.2, 0.25) is 0 Å². The first-order valence-corrected chi connectivity index (χ1v) is 6.37. The Bertz CT molecular complexity index is 605. The van der Waals surface area contributed by atoms with Crippen molar-refractivity contribution in [3.8, 4) is 0 Å². The van der Waals surface area contributed by atoms with Gasteiger partial charge in [0.15, 0.2) is 0 Å². The number of aryl methyl sites for hydroxylation is 2. The van der Waals surface area contributed by atoms with Crippen molar-refractivity contribution in [3.63, 3.8) is 0 Å². The second kappa shape index (κ2) is 5.57. The number of nitrogen functional groups attached to an aromatic ring is 1. The minimum Gasteiger partial charge on any atom is -0.397 e. The van der Waals surface area contributed by atoms with Crippen LogP contribution in [0.4, 0.5) is 11.4 Å². The van der Waals surface area contributed by atoms with Gasteiger partial charge < -0.3 is 11.1 Å². The molecule has 0 aromatic heterocycles. The zero-order chi connectivity index (χ0) is 13.8. The zero-order valence-corrected chi connectivity index (χ0v) is 11.2. The summed E-state index contributed by atoms with van der Waals surface area (Å²) in [4.78, 5) is 12.3. The lowest BCUT2D eigenvalue weighted by Crippen LogP contribution is -2.15. The van der Waals surface area contributed by atoms with Gasteiger partial charge in [-0.3, -0.25) is 4.79 Å². The molecule has 0 aliphatic carbocycles. The van der Waals surface area contributed by atoms with Crippen LogP contribution in [0.3, 0.4) is 0 Å². The summed E-state index contributed by atoms with van der Waals surface area (Å²) in [7, 11) is 0. The van der Waals surface area contributed by atoms with Crippen molar-refractivity contribution in [2.75, 3.05) is 11.1 Å². The normalized spacial score (nSPS) is 10.2. The van der Waals surface area contributed by atoms with Crippen molar-refractivity contribution >= 4 is 17.3 Å². The van der Waals surface area contributed by atoms with Crippen LogP contribution in [0.5, 0.6) is 0 Å². The van der Waals surface area contributed by atoms with Gasteiger partial charge in [0.1, 0.15) is 0 Å². The average molecular weight is 254 g/mol. The van der Waals surface area contributed by atoms with Gasteiger partial charge in [-0.15, -0.1) is 0 Å². The molecule has 0 aliphatic rings. The molecular formula is C16H18N2O. The Morgan fingerprint density at radius 3 is 2.63 bits per heavy atom. The maximum atomic E-state index is 12.3. The standard InChI is InChI=1S/C16H18N2O/c1-3-12-6-4-5-7-13(12)16(19)18-15-9-8-11(2)10-14(15)17/h4-10H,3,17H2,1-2H3,(H,18,19). The molecule has 0 radical (unpaired) electrons. The predicted molar refractivity (Wildman–Crippen MR) is 79.4 cm³/mol. The molecule has 0 heterocycles. The third kappa shape index (κ3) is 2.94. The van der Waals surface area contributed by atoms with Crippen molar-refractivity contribution in [2.45, 2.75) is 20.3 Å². The largest absolute Gasteiger partial charge is 0.397 e. The number of anilines is 2. The molecule has 0 saturated heterocycles. The molecule has 2 aromatic carbocycles. The topological polar surface area (TPSA) is 55.1 Å². The van der Waals surface area contributed by atoms with Crippen LogP contribution in [0.15, 0.2) is 42.5 Å². The summed E-state index contributed by atoms with van der Waals surface area (Å²) in [6, 6.07) is 13.2. The SMILES string of the molecule is CCc1ccccc1C(=O)Nc1ccc(C)cc1N. The van der Waals surface area contributed by atoms with Crippen molar-refractivity contribution < 1.29 is 4.79 Å². The first kappa shape index (κ1) is 13.1. The van der Waals surface area contributed by atoms with E-state index in [1.165, 1.54) is 0 Å². The fourth-order valence-corrected chi connectivity index (χ4v) is 2.04. The summed E-state index contributed by atoms with van der Waals surface area (Å²) in [6.07, 6.45) is 0.826. The van der Waals surface area contributed by atoms with Crippen molar-refractivity contribution in [2.24, 2.45) is 0 Å². The quantitative estimate of drug-likeness (QED) is 0.825. The highest BCUT2D eigenvalue weighted by Gasteiger charge is 2.11. The Labute approximate surface area is 113 Å². The number of rotatable bonds is 3. The molecule has 2 rings (SSSR count). The third-order valence-corrected chi connectivity index (χ3v) is 3.10. The lowest BCUT2D eigenvalue weighted by Gasteiger charge is -2.11. The first-order chi connectivity index (χ1) is 9.11. The molecule has 1 amide bonds. The van der Waals surface area contributed by atoms with Crippen molar-refractivity contribution in [3.05, 3.63) is 59.2 Å². The van der Waals surface area contributed by atoms with Gasteiger partial charge in [0.2, 0.25) is 0 Å². The summed E-state index contributed by atoms with van der Waals surface area (Å²) < 4.78 is 0. The molecule has 3 heteroatoms. The Kier molecular flexibility index (Phi) is 3.85. The second-order valence-electron chi connectivity index (χ2n) is 4.56. The number of benzene rings is 2. The van der Waals surface area contributed by atoms with Gasteiger partial charge in [0, 0.05) is 5.56 Å². The molecule has 19 heavy (non-hydrogen) atoms. The van der Waals surface area contributed by atoms with E-state index < -0.39 is 0 Å². The molecule has 0 spiro atoms. The van der Waals surface area contributed by atoms with E-state index in [4.69, 9.17) is 5.73 Å². The van der Waals surface area contributed by atoms with Gasteiger partial charge in [-0.05, 0) is 42.7 Å². The third-order valence-electron chi connectivity index (χ3n) is 3.10. The fourth-order valence-electron chi connectivity index (χ4n) is 2.04. The highest BCUT2D eigenvalue weighted by Crippen LogP contribution is 2.21. The average Bonchev–Trinajstić information content (AvgIpc) is 2.41. The van der Waals surface area contributed by atoms with E-state index in [9.17, 15) is 4.79 Å². The lowest BCUT2D eigenvalue weighted by atomic mass is 10.0. The Hall–Kier alpha value is -2.29. The van der Waals surface area contributed by atoms with Gasteiger partial charge in [-0.2, -0.15) is 0 Å². The van der Waals surface area contributed by atoms with E-state index in [-0.39, 0.29) is 5.91 Å². The molecule has 2 aromatic rings. The van der Waals surface area contributed by atoms with E-state index >= 15 is 0 Å². The van der Waals surface area contributed by atoms with E-state index in [0.717, 1.165) is 17.5 Å². The Morgan fingerprint density at radius 1 is 1.21 bits per heavy atom. The van der Waals surface area contributed by atoms with E-state index in [1.807, 2.05) is 56.3 Å². The molecule has 0 fully saturated rings. The highest BCUT2D eigenvalue weighted by molar-refractivity contribution is 6.06. The van der Waals surface area contributed by atoms with Gasteiger partial charge in [0.25, 0.3) is 5.91 Å². The smallest absolute Gasteiger partial charge is 0.255 e. The van der Waals surface area contributed by atoms with E-state index in [2.05, 4.69) is 5.32 Å². The van der Waals surface area contributed by atoms with Crippen LogP contribution in [0.25, 0.3) is 0 Å². The maximum Gasteiger partial charge on any atom is 0.255 e. The monoisotopic (exact) mass is 254 g/mol. The number of nitrogens with two attached hydrogens (primary N) is 1. The van der Waals surface area contributed by atoms with Gasteiger partial charge in [0.05, 0.1) is 11.4 Å². The number of carbonyl (C=O) groups is 1. The molecule has 98 valence electrons. The maximum absolute atomic E-state index is 12.3. The molecule has 0 unspecified atom stereocenters. The van der Waals surface area contributed by atoms with Gasteiger partial charge in [-0.25, -0.2) is 0 Å². The summed E-state index contributed by atoms with van der Waals surface area (Å²) in [5.41, 5.74) is 9.95. The minimum atomic E-state index is -0.118. The molecule has 3 nitrogen and oxygen atoms in total. The van der Waals surface area contributed by atoms with Crippen molar-refractivity contribution in [1.29, 1.82) is 0 Å². The second-order valence-corrected chi connectivity index (χ2v) is 4.56. The number of nitrogens with one attached hydrogen (secondary N) is 1. The molecule has 0 atom stereocenters. The zero-order valence-electron chi connectivity index (χ0n) is 11.2. The minimum absolute atomic E-state index is 0.118. The summed E-state index contributed by atoms with van der Waals surface area (Å²) in [5.74, 6) is -0.118. The van der Waals surface area contributed by atoms with Crippen molar-refractivity contribution in [1.82, 2.24) is 0 Å². The van der Waals surface area contributed by atoms with Gasteiger partial charge >= 0.3 is 0 Å². The number of hydrogen-bond acceptors (Lipinski definition) is 2. The number of carbonyl (C=O) groups excluding carboxylic acids is 1. The van der Waals surface area contributed by atoms with Crippen LogP contribution in [-0.4, -0.2) is 5.91 Å². The molecular weight excluding hydrogens is 236 g/mol. The number of amides is 1. The first-order valence-electron chi connectivity index (χ1n) is 6.37. The predicted octanol–water partition coefficient (Wildman–Crippen LogP) is 3.39. The van der Waals surface area contributed by atoms with Crippen LogP contribution in [0.1, 0.15) is 28.4 Å². The van der Waals surface area contributed by atoms with Crippen LogP contribution >= 0.6 is 0 Å².